The molecule has 0 bridgehead atoms. The first kappa shape index (κ1) is 27.1. The first-order valence-electron chi connectivity index (χ1n) is 9.89. The molecule has 3 rings (SSSR count). The summed E-state index contributed by atoms with van der Waals surface area (Å²) >= 11 is 5.89. The van der Waals surface area contributed by atoms with Crippen molar-refractivity contribution in [3.05, 3.63) is 41.4 Å². The Kier molecular flexibility index (Phi) is 9.06. The molecule has 1 aromatic carbocycles. The number of benzene rings is 1. The molecule has 0 aliphatic rings. The predicted molar refractivity (Wildman–Crippen MR) is 120 cm³/mol. The molecule has 0 saturated carbocycles. The topological polar surface area (TPSA) is 141 Å². The number of rotatable bonds is 8. The largest absolute Gasteiger partial charge is 0.494 e. The van der Waals surface area contributed by atoms with Gasteiger partial charge in [-0.1, -0.05) is 17.7 Å². The summed E-state index contributed by atoms with van der Waals surface area (Å²) in [5.41, 5.74) is 0.306. The number of esters is 1. The second-order valence-corrected chi connectivity index (χ2v) is 8.30. The number of nitrogens with zero attached hydrogens (tertiary/aromatic N) is 5. The third kappa shape index (κ3) is 6.95. The van der Waals surface area contributed by atoms with Gasteiger partial charge in [-0.05, 0) is 32.9 Å². The minimum absolute atomic E-state index is 0. The second kappa shape index (κ2) is 11.3. The molecular formula is C21H23ClN6O5Zn. The Morgan fingerprint density at radius 2 is 1.94 bits per heavy atom. The molecular weight excluding hydrogens is 517 g/mol. The first-order valence-corrected chi connectivity index (χ1v) is 10.3. The zero-order valence-electron chi connectivity index (χ0n) is 19.2. The van der Waals surface area contributed by atoms with E-state index in [2.05, 4.69) is 25.6 Å². The number of aromatic nitrogens is 5. The number of aromatic carboxylic acids is 1. The predicted octanol–water partition coefficient (Wildman–Crippen LogP) is 3.57. The van der Waals surface area contributed by atoms with Crippen LogP contribution in [0.1, 0.15) is 37.7 Å². The minimum atomic E-state index is -1.26. The van der Waals surface area contributed by atoms with Crippen LogP contribution in [0, 0.1) is 0 Å². The van der Waals surface area contributed by atoms with Crippen molar-refractivity contribution in [1.29, 1.82) is 0 Å². The molecule has 11 nitrogen and oxygen atoms in total. The Labute approximate surface area is 213 Å². The van der Waals surface area contributed by atoms with E-state index in [1.807, 2.05) is 0 Å². The summed E-state index contributed by atoms with van der Waals surface area (Å²) in [6, 6.07) is 6.54. The van der Waals surface area contributed by atoms with Crippen molar-refractivity contribution in [3.63, 3.8) is 0 Å². The van der Waals surface area contributed by atoms with Crippen molar-refractivity contribution in [2.24, 2.45) is 0 Å². The molecule has 0 radical (unpaired) electrons. The van der Waals surface area contributed by atoms with Gasteiger partial charge in [-0.3, -0.25) is 9.48 Å². The fourth-order valence-electron chi connectivity index (χ4n) is 2.92. The number of halogens is 1. The molecule has 176 valence electrons. The molecule has 34 heavy (non-hydrogen) atoms. The van der Waals surface area contributed by atoms with Crippen LogP contribution in [-0.2, 0) is 35.6 Å². The zero-order chi connectivity index (χ0) is 24.2. The van der Waals surface area contributed by atoms with Crippen molar-refractivity contribution in [2.75, 3.05) is 12.4 Å². The van der Waals surface area contributed by atoms with Gasteiger partial charge in [-0.25, -0.2) is 9.78 Å². The van der Waals surface area contributed by atoms with Crippen LogP contribution in [0.3, 0.4) is 0 Å². The molecule has 0 unspecified atom stereocenters. The van der Waals surface area contributed by atoms with Gasteiger partial charge in [0.25, 0.3) is 0 Å². The molecule has 0 spiro atoms. The van der Waals surface area contributed by atoms with E-state index in [-0.39, 0.29) is 48.4 Å². The van der Waals surface area contributed by atoms with Gasteiger partial charge in [0.2, 0.25) is 0 Å². The molecule has 0 aliphatic heterocycles. The third-order valence-electron chi connectivity index (χ3n) is 4.20. The van der Waals surface area contributed by atoms with Gasteiger partial charge in [0.15, 0.2) is 22.4 Å². The summed E-state index contributed by atoms with van der Waals surface area (Å²) in [6.45, 7) is 5.72. The standard InChI is InChI=1S/C21H23ClN6O5.Zn/c1-21(2,3)33-16(29)8-9-28-11-23-19(27-28)12-6-5-7-13(18(12)32-4)24-14-10-15(22)25-26-17(14)20(30)31;/h5-7,10-11H,8-9H2,1-4H3,(H,24,25)(H,30,31);. The van der Waals surface area contributed by atoms with Crippen LogP contribution in [0.25, 0.3) is 11.4 Å². The summed E-state index contributed by atoms with van der Waals surface area (Å²) in [6.07, 6.45) is 1.65. The van der Waals surface area contributed by atoms with Crippen molar-refractivity contribution in [3.8, 4) is 17.1 Å². The van der Waals surface area contributed by atoms with Gasteiger partial charge in [0.1, 0.15) is 11.9 Å². The van der Waals surface area contributed by atoms with Crippen molar-refractivity contribution >= 4 is 34.9 Å². The molecule has 13 heteroatoms. The van der Waals surface area contributed by atoms with E-state index in [1.54, 1.807) is 39.0 Å². The van der Waals surface area contributed by atoms with Crippen LogP contribution in [-0.4, -0.2) is 54.7 Å². The van der Waals surface area contributed by atoms with Crippen LogP contribution < -0.4 is 10.1 Å². The number of anilines is 2. The summed E-state index contributed by atoms with van der Waals surface area (Å²) < 4.78 is 12.4. The van der Waals surface area contributed by atoms with E-state index in [0.717, 1.165) is 0 Å². The van der Waals surface area contributed by atoms with E-state index < -0.39 is 11.6 Å². The van der Waals surface area contributed by atoms with Gasteiger partial charge >= 0.3 is 11.9 Å². The number of nitrogens with one attached hydrogen (secondary N) is 1. The van der Waals surface area contributed by atoms with Gasteiger partial charge in [-0.15, -0.1) is 10.2 Å². The summed E-state index contributed by atoms with van der Waals surface area (Å²) in [5.74, 6) is -0.847. The van der Waals surface area contributed by atoms with Gasteiger partial charge in [0.05, 0.1) is 37.0 Å². The van der Waals surface area contributed by atoms with Crippen molar-refractivity contribution < 1.29 is 43.6 Å². The number of aryl methyl sites for hydroxylation is 1. The number of methoxy groups -OCH3 is 1. The monoisotopic (exact) mass is 538 g/mol. The van der Waals surface area contributed by atoms with Gasteiger partial charge < -0.3 is 19.9 Å². The molecule has 0 fully saturated rings. The van der Waals surface area contributed by atoms with Crippen LogP contribution in [0.5, 0.6) is 5.75 Å². The summed E-state index contributed by atoms with van der Waals surface area (Å²) in [4.78, 5) is 27.7. The van der Waals surface area contributed by atoms with Crippen molar-refractivity contribution in [2.45, 2.75) is 39.3 Å². The Balaban J connectivity index is 0.00000408. The maximum atomic E-state index is 12.0. The SMILES string of the molecule is COc1c(Nc2cc(Cl)nnc2C(=O)O)cccc1-c1ncn(CCC(=O)OC(C)(C)C)n1.[Zn]. The number of para-hydroxylation sites is 1. The number of carbonyl (C=O) groups excluding carboxylic acids is 1. The molecule has 2 heterocycles. The first-order chi connectivity index (χ1) is 15.6. The van der Waals surface area contributed by atoms with Crippen LogP contribution in [0.2, 0.25) is 5.15 Å². The smallest absolute Gasteiger partial charge is 0.358 e. The normalized spacial score (nSPS) is 10.9. The number of hydrogen-bond donors (Lipinski definition) is 2. The molecule has 3 aromatic rings. The Morgan fingerprint density at radius 1 is 1.21 bits per heavy atom. The number of carboxylic acid groups (broad SMARTS) is 1. The van der Waals surface area contributed by atoms with E-state index >= 15 is 0 Å². The average molecular weight is 540 g/mol. The van der Waals surface area contributed by atoms with Crippen molar-refractivity contribution in [1.82, 2.24) is 25.0 Å². The van der Waals surface area contributed by atoms with Gasteiger partial charge in [0, 0.05) is 25.5 Å². The van der Waals surface area contributed by atoms with E-state index in [4.69, 9.17) is 21.1 Å². The van der Waals surface area contributed by atoms with E-state index in [0.29, 0.717) is 29.4 Å². The average Bonchev–Trinajstić information content (AvgIpc) is 3.19. The van der Waals surface area contributed by atoms with E-state index in [1.165, 1.54) is 24.2 Å². The molecule has 0 amide bonds. The third-order valence-corrected chi connectivity index (χ3v) is 4.38. The maximum Gasteiger partial charge on any atom is 0.358 e. The van der Waals surface area contributed by atoms with Crippen LogP contribution in [0.4, 0.5) is 11.4 Å². The number of carboxylic acids is 1. The Bertz CT molecular complexity index is 1180. The molecule has 0 saturated heterocycles. The maximum absolute atomic E-state index is 12.0. The number of carbonyl (C=O) groups is 2. The zero-order valence-corrected chi connectivity index (χ0v) is 22.9. The summed E-state index contributed by atoms with van der Waals surface area (Å²) in [5, 5.41) is 24.0. The number of hydrogen-bond acceptors (Lipinski definition) is 9. The number of ether oxygens (including phenoxy) is 2. The fraction of sp³-hybridized carbons (Fsp3) is 0.333. The quantitative estimate of drug-likeness (QED) is 0.322. The minimum Gasteiger partial charge on any atom is -0.494 e. The fourth-order valence-corrected chi connectivity index (χ4v) is 3.07. The summed E-state index contributed by atoms with van der Waals surface area (Å²) in [7, 11) is 1.47. The van der Waals surface area contributed by atoms with Crippen LogP contribution >= 0.6 is 11.6 Å². The Morgan fingerprint density at radius 3 is 2.59 bits per heavy atom. The second-order valence-electron chi connectivity index (χ2n) is 7.91. The van der Waals surface area contributed by atoms with Gasteiger partial charge in [-0.2, -0.15) is 5.10 Å². The molecule has 0 aliphatic carbocycles. The van der Waals surface area contributed by atoms with Crippen LogP contribution in [0.15, 0.2) is 30.6 Å². The molecule has 2 N–H and O–H groups in total. The molecule has 0 atom stereocenters. The van der Waals surface area contributed by atoms with E-state index in [9.17, 15) is 14.7 Å². The molecule has 2 aromatic heterocycles. The Hall–Kier alpha value is -3.11.